The lowest BCUT2D eigenvalue weighted by Gasteiger charge is -2.05. The van der Waals surface area contributed by atoms with E-state index in [-0.39, 0.29) is 0 Å². The van der Waals surface area contributed by atoms with E-state index in [4.69, 9.17) is 0 Å². The molecule has 64 valence electrons. The highest BCUT2D eigenvalue weighted by Crippen LogP contribution is 2.12. The summed E-state index contributed by atoms with van der Waals surface area (Å²) in [6.45, 7) is 12.6. The summed E-state index contributed by atoms with van der Waals surface area (Å²) >= 11 is 0. The van der Waals surface area contributed by atoms with Crippen LogP contribution in [0.4, 0.5) is 0 Å². The zero-order valence-electron chi connectivity index (χ0n) is 8.28. The van der Waals surface area contributed by atoms with Crippen molar-refractivity contribution in [3.05, 3.63) is 23.8 Å². The van der Waals surface area contributed by atoms with E-state index in [1.165, 1.54) is 24.0 Å². The van der Waals surface area contributed by atoms with Crippen molar-refractivity contribution >= 4 is 0 Å². The molecule has 0 saturated heterocycles. The molecule has 0 aliphatic carbocycles. The zero-order valence-corrected chi connectivity index (χ0v) is 8.28. The molecule has 0 rings (SSSR count). The predicted octanol–water partition coefficient (Wildman–Crippen LogP) is 3.95. The topological polar surface area (TPSA) is 0 Å². The fourth-order valence-electron chi connectivity index (χ4n) is 0.719. The average molecular weight is 152 g/mol. The van der Waals surface area contributed by atoms with Crippen LogP contribution in [0.1, 0.15) is 40.5 Å². The normalized spacial score (nSPS) is 14.7. The molecule has 0 spiro atoms. The van der Waals surface area contributed by atoms with Crippen molar-refractivity contribution < 1.29 is 0 Å². The molecule has 0 aromatic carbocycles. The molecular weight excluding hydrogens is 132 g/mol. The minimum atomic E-state index is 0.810. The molecule has 1 unspecified atom stereocenters. The molecule has 1 atom stereocenters. The molecule has 0 amide bonds. The van der Waals surface area contributed by atoms with Crippen LogP contribution in [0, 0.1) is 5.92 Å². The third-order valence-corrected chi connectivity index (χ3v) is 2.20. The lowest BCUT2D eigenvalue weighted by Crippen LogP contribution is -1.89. The summed E-state index contributed by atoms with van der Waals surface area (Å²) in [5, 5.41) is 0. The van der Waals surface area contributed by atoms with Crippen molar-refractivity contribution in [2.75, 3.05) is 0 Å². The van der Waals surface area contributed by atoms with Gasteiger partial charge < -0.3 is 0 Å². The molecule has 0 fully saturated rings. The highest BCUT2D eigenvalue weighted by Gasteiger charge is 1.95. The van der Waals surface area contributed by atoms with Crippen LogP contribution in [0.5, 0.6) is 0 Å². The summed E-state index contributed by atoms with van der Waals surface area (Å²) in [6, 6.07) is 0. The van der Waals surface area contributed by atoms with Gasteiger partial charge in [0.2, 0.25) is 0 Å². The highest BCUT2D eigenvalue weighted by molar-refractivity contribution is 5.23. The van der Waals surface area contributed by atoms with Crippen LogP contribution in [-0.2, 0) is 0 Å². The third-order valence-electron chi connectivity index (χ3n) is 2.20. The van der Waals surface area contributed by atoms with Gasteiger partial charge in [0.05, 0.1) is 0 Å². The number of allylic oxidation sites excluding steroid dienone is 3. The minimum absolute atomic E-state index is 0.810. The maximum absolute atomic E-state index is 3.89. The molecule has 0 heteroatoms. The first-order valence-corrected chi connectivity index (χ1v) is 4.40. The summed E-state index contributed by atoms with van der Waals surface area (Å²) in [5.74, 6) is 0.810. The Hall–Kier alpha value is -0.520. The summed E-state index contributed by atoms with van der Waals surface area (Å²) in [4.78, 5) is 0. The molecule has 0 nitrogen and oxygen atoms in total. The Bertz CT molecular complexity index is 151. The van der Waals surface area contributed by atoms with E-state index in [9.17, 15) is 0 Å². The van der Waals surface area contributed by atoms with Crippen LogP contribution in [-0.4, -0.2) is 0 Å². The van der Waals surface area contributed by atoms with Crippen LogP contribution >= 0.6 is 0 Å². The lowest BCUT2D eigenvalue weighted by molar-refractivity contribution is 0.570. The Kier molecular flexibility index (Phi) is 4.93. The standard InChI is InChI=1S/C11H20/c1-6-10(4)7-8-11(5)9(2)3/h8,10H,2,6-7H2,1,3-5H3/b11-8-. The first kappa shape index (κ1) is 10.5. The van der Waals surface area contributed by atoms with Gasteiger partial charge in [-0.25, -0.2) is 0 Å². The largest absolute Gasteiger partial charge is 0.0959 e. The van der Waals surface area contributed by atoms with E-state index < -0.39 is 0 Å². The van der Waals surface area contributed by atoms with Crippen LogP contribution in [0.3, 0.4) is 0 Å². The van der Waals surface area contributed by atoms with E-state index in [0.29, 0.717) is 0 Å². The maximum Gasteiger partial charge on any atom is -0.0319 e. The molecule has 0 aromatic heterocycles. The first-order chi connectivity index (χ1) is 5.07. The van der Waals surface area contributed by atoms with Crippen molar-refractivity contribution in [3.8, 4) is 0 Å². The number of hydrogen-bond acceptors (Lipinski definition) is 0. The van der Waals surface area contributed by atoms with E-state index >= 15 is 0 Å². The van der Waals surface area contributed by atoms with Crippen LogP contribution < -0.4 is 0 Å². The minimum Gasteiger partial charge on any atom is -0.0959 e. The Balaban J connectivity index is 3.82. The van der Waals surface area contributed by atoms with Gasteiger partial charge in [-0.2, -0.15) is 0 Å². The van der Waals surface area contributed by atoms with E-state index in [1.807, 2.05) is 0 Å². The second-order valence-corrected chi connectivity index (χ2v) is 3.42. The maximum atomic E-state index is 3.89. The Morgan fingerprint density at radius 3 is 2.36 bits per heavy atom. The van der Waals surface area contributed by atoms with Crippen molar-refractivity contribution in [1.29, 1.82) is 0 Å². The molecule has 0 bridgehead atoms. The van der Waals surface area contributed by atoms with Gasteiger partial charge in [-0.05, 0) is 26.2 Å². The van der Waals surface area contributed by atoms with Crippen molar-refractivity contribution in [2.45, 2.75) is 40.5 Å². The SMILES string of the molecule is C=C(C)/C(C)=C\CC(C)CC. The summed E-state index contributed by atoms with van der Waals surface area (Å²) in [6.07, 6.45) is 4.74. The average Bonchev–Trinajstić information content (AvgIpc) is 1.99. The number of hydrogen-bond donors (Lipinski definition) is 0. The van der Waals surface area contributed by atoms with Gasteiger partial charge in [-0.3, -0.25) is 0 Å². The Labute approximate surface area is 71.0 Å². The van der Waals surface area contributed by atoms with Crippen molar-refractivity contribution in [2.24, 2.45) is 5.92 Å². The van der Waals surface area contributed by atoms with Gasteiger partial charge >= 0.3 is 0 Å². The second-order valence-electron chi connectivity index (χ2n) is 3.42. The fraction of sp³-hybridized carbons (Fsp3) is 0.636. The van der Waals surface area contributed by atoms with E-state index in [2.05, 4.69) is 40.3 Å². The molecule has 0 aliphatic heterocycles. The van der Waals surface area contributed by atoms with Crippen molar-refractivity contribution in [3.63, 3.8) is 0 Å². The fourth-order valence-corrected chi connectivity index (χ4v) is 0.719. The molecule has 0 saturated carbocycles. The number of rotatable bonds is 4. The molecule has 0 heterocycles. The first-order valence-electron chi connectivity index (χ1n) is 4.40. The molecule has 11 heavy (non-hydrogen) atoms. The van der Waals surface area contributed by atoms with Gasteiger partial charge in [0.15, 0.2) is 0 Å². The Morgan fingerprint density at radius 2 is 2.00 bits per heavy atom. The van der Waals surface area contributed by atoms with Gasteiger partial charge in [0, 0.05) is 0 Å². The van der Waals surface area contributed by atoms with E-state index in [0.717, 1.165) is 5.92 Å². The van der Waals surface area contributed by atoms with Gasteiger partial charge in [-0.1, -0.05) is 44.1 Å². The summed E-state index contributed by atoms with van der Waals surface area (Å²) in [7, 11) is 0. The van der Waals surface area contributed by atoms with Gasteiger partial charge in [0.1, 0.15) is 0 Å². The molecule has 0 aliphatic rings. The zero-order chi connectivity index (χ0) is 8.85. The van der Waals surface area contributed by atoms with Crippen LogP contribution in [0.2, 0.25) is 0 Å². The monoisotopic (exact) mass is 152 g/mol. The van der Waals surface area contributed by atoms with Gasteiger partial charge in [0.25, 0.3) is 0 Å². The van der Waals surface area contributed by atoms with E-state index in [1.54, 1.807) is 0 Å². The van der Waals surface area contributed by atoms with Crippen LogP contribution in [0.25, 0.3) is 0 Å². The van der Waals surface area contributed by atoms with Crippen LogP contribution in [0.15, 0.2) is 23.8 Å². The molecular formula is C11H20. The predicted molar refractivity (Wildman–Crippen MR) is 52.6 cm³/mol. The smallest absolute Gasteiger partial charge is 0.0319 e. The summed E-state index contributed by atoms with van der Waals surface area (Å²) in [5.41, 5.74) is 2.53. The second kappa shape index (κ2) is 5.17. The third kappa shape index (κ3) is 4.83. The molecule has 0 radical (unpaired) electrons. The highest BCUT2D eigenvalue weighted by atomic mass is 14.0. The molecule has 0 aromatic rings. The summed E-state index contributed by atoms with van der Waals surface area (Å²) < 4.78 is 0. The Morgan fingerprint density at radius 1 is 1.45 bits per heavy atom. The van der Waals surface area contributed by atoms with Gasteiger partial charge in [-0.15, -0.1) is 0 Å². The lowest BCUT2D eigenvalue weighted by atomic mass is 10.0. The molecule has 0 N–H and O–H groups in total. The quantitative estimate of drug-likeness (QED) is 0.535. The van der Waals surface area contributed by atoms with Crippen molar-refractivity contribution in [1.82, 2.24) is 0 Å².